The van der Waals surface area contributed by atoms with Crippen LogP contribution in [0.2, 0.25) is 0 Å². The molecule has 2 aliphatic heterocycles. The fraction of sp³-hybridized carbons (Fsp3) is 0.919. The summed E-state index contributed by atoms with van der Waals surface area (Å²) in [5.41, 5.74) is 1.67. The van der Waals surface area contributed by atoms with E-state index in [1.165, 1.54) is 51.4 Å². The highest BCUT2D eigenvalue weighted by molar-refractivity contribution is 5.68. The second-order valence-corrected chi connectivity index (χ2v) is 18.0. The molecule has 0 aromatic rings. The van der Waals surface area contributed by atoms with Crippen molar-refractivity contribution in [3.63, 3.8) is 0 Å². The minimum atomic E-state index is -0.543. The van der Waals surface area contributed by atoms with Crippen LogP contribution in [0.25, 0.3) is 0 Å². The SMILES string of the molecule is C=C(C)[C@@H](O)C1CCC2C(CC3C4CCC5C(C)(C)[C@@H](OC6CN(C(=O)OC(C)(C)C)CCO6)CC[C@@]56C[C@@]46CC[C@]23C)O1. The van der Waals surface area contributed by atoms with Gasteiger partial charge in [0.1, 0.15) is 11.7 Å². The van der Waals surface area contributed by atoms with Gasteiger partial charge in [0.25, 0.3) is 0 Å². The van der Waals surface area contributed by atoms with Gasteiger partial charge in [-0.05, 0) is 143 Å². The molecule has 44 heavy (non-hydrogen) atoms. The molecule has 0 radical (unpaired) electrons. The van der Waals surface area contributed by atoms with Crippen molar-refractivity contribution >= 4 is 6.09 Å². The van der Waals surface area contributed by atoms with E-state index >= 15 is 0 Å². The van der Waals surface area contributed by atoms with Gasteiger partial charge >= 0.3 is 6.09 Å². The zero-order chi connectivity index (χ0) is 31.4. The molecule has 7 heteroatoms. The Morgan fingerprint density at radius 2 is 1.75 bits per heavy atom. The molecule has 0 aromatic carbocycles. The summed E-state index contributed by atoms with van der Waals surface area (Å²) in [6.07, 6.45) is 11.5. The first kappa shape index (κ1) is 31.4. The maximum Gasteiger partial charge on any atom is 0.410 e. The number of morpholine rings is 1. The number of aliphatic hydroxyl groups is 1. The van der Waals surface area contributed by atoms with E-state index in [1.807, 2.05) is 27.7 Å². The lowest BCUT2D eigenvalue weighted by Gasteiger charge is -2.60. The van der Waals surface area contributed by atoms with Crippen LogP contribution in [0.5, 0.6) is 0 Å². The fourth-order valence-corrected chi connectivity index (χ4v) is 12.4. The van der Waals surface area contributed by atoms with Gasteiger partial charge in [-0.3, -0.25) is 0 Å². The van der Waals surface area contributed by atoms with E-state index < -0.39 is 18.0 Å². The number of nitrogens with zero attached hydrogens (tertiary/aromatic N) is 1. The monoisotopic (exact) mass is 613 g/mol. The van der Waals surface area contributed by atoms with Gasteiger partial charge in [-0.2, -0.15) is 0 Å². The molecule has 7 rings (SSSR count). The number of amides is 1. The summed E-state index contributed by atoms with van der Waals surface area (Å²) in [5, 5.41) is 10.7. The quantitative estimate of drug-likeness (QED) is 0.341. The Morgan fingerprint density at radius 1 is 1.00 bits per heavy atom. The molecule has 12 atom stereocenters. The third-order valence-corrected chi connectivity index (χ3v) is 14.4. The van der Waals surface area contributed by atoms with E-state index in [0.29, 0.717) is 47.8 Å². The van der Waals surface area contributed by atoms with Gasteiger partial charge in [0, 0.05) is 6.54 Å². The second kappa shape index (κ2) is 10.4. The van der Waals surface area contributed by atoms with Crippen LogP contribution < -0.4 is 0 Å². The smallest absolute Gasteiger partial charge is 0.410 e. The predicted molar refractivity (Wildman–Crippen MR) is 169 cm³/mol. The molecule has 5 aliphatic carbocycles. The first-order valence-electron chi connectivity index (χ1n) is 17.9. The van der Waals surface area contributed by atoms with E-state index in [2.05, 4.69) is 27.4 Å². The summed E-state index contributed by atoms with van der Waals surface area (Å²) in [6, 6.07) is 0. The van der Waals surface area contributed by atoms with Crippen LogP contribution in [0, 0.1) is 45.3 Å². The third kappa shape index (κ3) is 4.67. The van der Waals surface area contributed by atoms with E-state index in [1.54, 1.807) is 4.90 Å². The molecule has 1 N–H and O–H groups in total. The van der Waals surface area contributed by atoms with Crippen LogP contribution in [0.3, 0.4) is 0 Å². The van der Waals surface area contributed by atoms with Crippen molar-refractivity contribution in [3.05, 3.63) is 12.2 Å². The molecule has 1 amide bonds. The second-order valence-electron chi connectivity index (χ2n) is 18.0. The number of hydrogen-bond donors (Lipinski definition) is 1. The Labute approximate surface area is 265 Å². The summed E-state index contributed by atoms with van der Waals surface area (Å²) in [6.45, 7) is 20.6. The Kier molecular flexibility index (Phi) is 7.45. The van der Waals surface area contributed by atoms with E-state index in [0.717, 1.165) is 30.3 Å². The molecule has 7 aliphatic rings. The molecule has 0 bridgehead atoms. The van der Waals surface area contributed by atoms with Crippen molar-refractivity contribution < 1.29 is 28.8 Å². The van der Waals surface area contributed by atoms with Crippen LogP contribution in [0.1, 0.15) is 113 Å². The minimum absolute atomic E-state index is 0.0592. The molecule has 5 saturated carbocycles. The van der Waals surface area contributed by atoms with Gasteiger partial charge in [-0.15, -0.1) is 0 Å². The van der Waals surface area contributed by atoms with Gasteiger partial charge < -0.3 is 29.0 Å². The average Bonchev–Trinajstić information content (AvgIpc) is 3.53. The Bertz CT molecular complexity index is 1160. The van der Waals surface area contributed by atoms with Crippen molar-refractivity contribution in [1.82, 2.24) is 4.90 Å². The molecule has 7 unspecified atom stereocenters. The van der Waals surface area contributed by atoms with Crippen molar-refractivity contribution in [2.45, 2.75) is 149 Å². The first-order chi connectivity index (χ1) is 20.6. The Hall–Kier alpha value is -1.15. The maximum atomic E-state index is 12.8. The zero-order valence-electron chi connectivity index (χ0n) is 28.5. The molecule has 7 nitrogen and oxygen atoms in total. The summed E-state index contributed by atoms with van der Waals surface area (Å²) >= 11 is 0. The number of fused-ring (bicyclic) bond motifs is 4. The number of rotatable bonds is 4. The Morgan fingerprint density at radius 3 is 2.48 bits per heavy atom. The number of ether oxygens (including phenoxy) is 4. The topological polar surface area (TPSA) is 77.5 Å². The molecule has 2 heterocycles. The number of aliphatic hydroxyl groups excluding tert-OH is 1. The van der Waals surface area contributed by atoms with E-state index in [9.17, 15) is 9.90 Å². The van der Waals surface area contributed by atoms with Crippen LogP contribution >= 0.6 is 0 Å². The summed E-state index contributed by atoms with van der Waals surface area (Å²) in [5.74, 6) is 2.82. The lowest BCUT2D eigenvalue weighted by molar-refractivity contribution is -0.243. The van der Waals surface area contributed by atoms with Crippen molar-refractivity contribution in [3.8, 4) is 0 Å². The Balaban J connectivity index is 1.03. The zero-order valence-corrected chi connectivity index (χ0v) is 28.5. The van der Waals surface area contributed by atoms with Crippen LogP contribution in [0.15, 0.2) is 12.2 Å². The van der Waals surface area contributed by atoms with Gasteiger partial charge in [-0.25, -0.2) is 4.79 Å². The fourth-order valence-electron chi connectivity index (χ4n) is 12.4. The number of carbonyl (C=O) groups is 1. The number of hydrogen-bond acceptors (Lipinski definition) is 6. The van der Waals surface area contributed by atoms with Gasteiger partial charge in [0.05, 0.1) is 31.5 Å². The van der Waals surface area contributed by atoms with Crippen LogP contribution in [-0.4, -0.2) is 72.1 Å². The van der Waals surface area contributed by atoms with Crippen LogP contribution in [-0.2, 0) is 18.9 Å². The van der Waals surface area contributed by atoms with Crippen molar-refractivity contribution in [2.75, 3.05) is 19.7 Å². The van der Waals surface area contributed by atoms with Gasteiger partial charge in [0.15, 0.2) is 6.29 Å². The molecular formula is C37H59NO6. The maximum absolute atomic E-state index is 12.8. The highest BCUT2D eigenvalue weighted by Crippen LogP contribution is 2.87. The van der Waals surface area contributed by atoms with Gasteiger partial charge in [0.2, 0.25) is 0 Å². The summed E-state index contributed by atoms with van der Waals surface area (Å²) < 4.78 is 25.2. The lowest BCUT2D eigenvalue weighted by Crippen LogP contribution is -2.56. The number of carbonyl (C=O) groups excluding carboxylic acids is 1. The normalized spacial score (nSPS) is 48.1. The van der Waals surface area contributed by atoms with Crippen molar-refractivity contribution in [2.24, 2.45) is 45.3 Å². The minimum Gasteiger partial charge on any atom is -0.444 e. The average molecular weight is 614 g/mol. The molecule has 2 spiro atoms. The highest BCUT2D eigenvalue weighted by atomic mass is 16.7. The highest BCUT2D eigenvalue weighted by Gasteiger charge is 2.80. The largest absolute Gasteiger partial charge is 0.444 e. The van der Waals surface area contributed by atoms with Crippen molar-refractivity contribution in [1.29, 1.82) is 0 Å². The summed E-state index contributed by atoms with van der Waals surface area (Å²) in [4.78, 5) is 14.5. The standard InChI is InChI=1S/C37H59NO6/c1-22(2)31(39)26-11-9-24-27(42-26)19-25-23-10-12-28-34(6,7)29(13-14-37(28)21-36(23,37)16-15-35(24,25)8)43-30-20-38(17-18-41-30)32(40)44-33(3,4)5/h23-31,39H,1,9-21H2,2-8H3/t23?,24?,25?,26?,27?,28?,29-,30?,31+,35+,36-,37+/m0/s1. The first-order valence-corrected chi connectivity index (χ1v) is 17.9. The predicted octanol–water partition coefficient (Wildman–Crippen LogP) is 7.11. The molecule has 2 saturated heterocycles. The third-order valence-electron chi connectivity index (χ3n) is 14.4. The van der Waals surface area contributed by atoms with E-state index in [-0.39, 0.29) is 29.8 Å². The molecule has 7 fully saturated rings. The van der Waals surface area contributed by atoms with E-state index in [4.69, 9.17) is 18.9 Å². The van der Waals surface area contributed by atoms with Gasteiger partial charge in [-0.1, -0.05) is 27.4 Å². The molecule has 0 aromatic heterocycles. The molecule has 248 valence electrons. The lowest BCUT2D eigenvalue weighted by atomic mass is 9.46. The van der Waals surface area contributed by atoms with Crippen LogP contribution in [0.4, 0.5) is 4.79 Å². The molecular weight excluding hydrogens is 554 g/mol. The summed E-state index contributed by atoms with van der Waals surface area (Å²) in [7, 11) is 0.